The Morgan fingerprint density at radius 1 is 0.975 bits per heavy atom. The normalized spacial score (nSPS) is 14.3. The van der Waals surface area contributed by atoms with Gasteiger partial charge < -0.3 is 15.0 Å². The molecular weight excluding hydrogens is 530 g/mol. The molecule has 0 unspecified atom stereocenters. The number of nitrogens with one attached hydrogen (secondary N) is 1. The quantitative estimate of drug-likeness (QED) is 0.338. The van der Waals surface area contributed by atoms with Gasteiger partial charge in [-0.2, -0.15) is 0 Å². The molecule has 10 heteroatoms. The van der Waals surface area contributed by atoms with Crippen molar-refractivity contribution in [3.63, 3.8) is 0 Å². The van der Waals surface area contributed by atoms with Crippen molar-refractivity contribution in [3.8, 4) is 5.75 Å². The highest BCUT2D eigenvalue weighted by molar-refractivity contribution is 7.90. The number of nitrogens with zero attached hydrogens (tertiary/aromatic N) is 2. The van der Waals surface area contributed by atoms with Crippen molar-refractivity contribution in [1.29, 1.82) is 0 Å². The first kappa shape index (κ1) is 28.8. The predicted octanol–water partition coefficient (Wildman–Crippen LogP) is 3.40. The lowest BCUT2D eigenvalue weighted by Crippen LogP contribution is -2.53. The van der Waals surface area contributed by atoms with Gasteiger partial charge in [-0.25, -0.2) is 12.7 Å². The van der Waals surface area contributed by atoms with Gasteiger partial charge in [-0.15, -0.1) is 0 Å². The van der Waals surface area contributed by atoms with E-state index in [0.717, 1.165) is 18.4 Å². The Kier molecular flexibility index (Phi) is 9.21. The molecule has 1 aliphatic rings. The summed E-state index contributed by atoms with van der Waals surface area (Å²) >= 11 is 0. The van der Waals surface area contributed by atoms with Crippen molar-refractivity contribution in [2.45, 2.75) is 43.7 Å². The van der Waals surface area contributed by atoms with Crippen LogP contribution in [0.1, 0.15) is 41.3 Å². The first-order chi connectivity index (χ1) is 19.3. The SMILES string of the molecule is CCCCNC(=O)[C@@H](Cc1ccccc1)N(Cc1cccc(OC)c1)C(=O)CN1C(=O)c2ccccc2S1(=O)=O. The molecule has 4 rings (SSSR count). The number of hydrogen-bond donors (Lipinski definition) is 1. The number of sulfonamides is 1. The highest BCUT2D eigenvalue weighted by Crippen LogP contribution is 2.30. The first-order valence-corrected chi connectivity index (χ1v) is 14.6. The zero-order valence-electron chi connectivity index (χ0n) is 22.6. The predicted molar refractivity (Wildman–Crippen MR) is 150 cm³/mol. The third-order valence-corrected chi connectivity index (χ3v) is 8.57. The number of fused-ring (bicyclic) bond motifs is 1. The van der Waals surface area contributed by atoms with Gasteiger partial charge >= 0.3 is 0 Å². The number of methoxy groups -OCH3 is 1. The molecule has 1 heterocycles. The lowest BCUT2D eigenvalue weighted by Gasteiger charge is -2.32. The Labute approximate surface area is 234 Å². The van der Waals surface area contributed by atoms with E-state index in [1.165, 1.54) is 30.2 Å². The fourth-order valence-electron chi connectivity index (χ4n) is 4.63. The fourth-order valence-corrected chi connectivity index (χ4v) is 6.15. The van der Waals surface area contributed by atoms with E-state index >= 15 is 0 Å². The van der Waals surface area contributed by atoms with Crippen molar-refractivity contribution in [3.05, 3.63) is 95.6 Å². The lowest BCUT2D eigenvalue weighted by atomic mass is 10.0. The van der Waals surface area contributed by atoms with Gasteiger partial charge in [-0.1, -0.05) is 67.9 Å². The summed E-state index contributed by atoms with van der Waals surface area (Å²) in [4.78, 5) is 41.8. The van der Waals surface area contributed by atoms with Gasteiger partial charge in [0.2, 0.25) is 11.8 Å². The van der Waals surface area contributed by atoms with Crippen molar-refractivity contribution in [2.24, 2.45) is 0 Å². The molecule has 9 nitrogen and oxygen atoms in total. The Morgan fingerprint density at radius 2 is 1.68 bits per heavy atom. The molecule has 0 aliphatic carbocycles. The summed E-state index contributed by atoms with van der Waals surface area (Å²) in [6.45, 7) is 1.73. The van der Waals surface area contributed by atoms with Crippen LogP contribution in [0.4, 0.5) is 0 Å². The minimum absolute atomic E-state index is 0.00373. The molecule has 0 aromatic heterocycles. The van der Waals surface area contributed by atoms with Gasteiger partial charge in [-0.05, 0) is 41.8 Å². The molecule has 0 bridgehead atoms. The van der Waals surface area contributed by atoms with E-state index in [4.69, 9.17) is 4.74 Å². The van der Waals surface area contributed by atoms with Crippen LogP contribution in [0.2, 0.25) is 0 Å². The van der Waals surface area contributed by atoms with Gasteiger partial charge in [0.05, 0.1) is 12.7 Å². The van der Waals surface area contributed by atoms with E-state index in [-0.39, 0.29) is 29.3 Å². The van der Waals surface area contributed by atoms with Crippen LogP contribution < -0.4 is 10.1 Å². The third kappa shape index (κ3) is 6.34. The second-order valence-electron chi connectivity index (χ2n) is 9.54. The summed E-state index contributed by atoms with van der Waals surface area (Å²) in [5.74, 6) is -1.21. The summed E-state index contributed by atoms with van der Waals surface area (Å²) in [5.41, 5.74) is 1.54. The molecule has 1 aliphatic heterocycles. The van der Waals surface area contributed by atoms with Gasteiger partial charge in [0.15, 0.2) is 0 Å². The van der Waals surface area contributed by atoms with Crippen LogP contribution in [0.15, 0.2) is 83.8 Å². The largest absolute Gasteiger partial charge is 0.497 e. The number of ether oxygens (including phenoxy) is 1. The lowest BCUT2D eigenvalue weighted by molar-refractivity contribution is -0.141. The van der Waals surface area contributed by atoms with Crippen molar-refractivity contribution < 1.29 is 27.5 Å². The number of rotatable bonds is 12. The molecule has 3 aromatic rings. The number of amides is 3. The maximum atomic E-state index is 14.0. The Bertz CT molecular complexity index is 1480. The van der Waals surface area contributed by atoms with Gasteiger partial charge in [0.1, 0.15) is 23.2 Å². The molecule has 0 saturated heterocycles. The molecule has 1 N–H and O–H groups in total. The molecule has 0 fully saturated rings. The summed E-state index contributed by atoms with van der Waals surface area (Å²) in [5, 5.41) is 2.92. The van der Waals surface area contributed by atoms with E-state index in [0.29, 0.717) is 22.2 Å². The van der Waals surface area contributed by atoms with Crippen molar-refractivity contribution in [2.75, 3.05) is 20.2 Å². The molecule has 3 aromatic carbocycles. The highest BCUT2D eigenvalue weighted by atomic mass is 32.2. The summed E-state index contributed by atoms with van der Waals surface area (Å²) < 4.78 is 32.3. The number of hydrogen-bond acceptors (Lipinski definition) is 6. The second-order valence-corrected chi connectivity index (χ2v) is 11.4. The number of carbonyl (C=O) groups excluding carboxylic acids is 3. The van der Waals surface area contributed by atoms with Crippen molar-refractivity contribution >= 4 is 27.7 Å². The van der Waals surface area contributed by atoms with Crippen molar-refractivity contribution in [1.82, 2.24) is 14.5 Å². The second kappa shape index (κ2) is 12.8. The number of unbranched alkanes of at least 4 members (excludes halogenated alkanes) is 1. The van der Waals surface area contributed by atoms with E-state index < -0.39 is 34.4 Å². The fraction of sp³-hybridized carbons (Fsp3) is 0.300. The monoisotopic (exact) mass is 563 g/mol. The Hall–Kier alpha value is -4.18. The van der Waals surface area contributed by atoms with Crippen LogP contribution in [0, 0.1) is 0 Å². The zero-order valence-corrected chi connectivity index (χ0v) is 23.4. The molecule has 0 saturated carbocycles. The smallest absolute Gasteiger partial charge is 0.269 e. The third-order valence-electron chi connectivity index (χ3n) is 6.78. The van der Waals surface area contributed by atoms with Crippen LogP contribution in [0.25, 0.3) is 0 Å². The van der Waals surface area contributed by atoms with Gasteiger partial charge in [0, 0.05) is 19.5 Å². The molecular formula is C30H33N3O6S. The molecule has 0 radical (unpaired) electrons. The summed E-state index contributed by atoms with van der Waals surface area (Å²) in [7, 11) is -2.68. The van der Waals surface area contributed by atoms with E-state index in [1.807, 2.05) is 37.3 Å². The first-order valence-electron chi connectivity index (χ1n) is 13.2. The summed E-state index contributed by atoms with van der Waals surface area (Å²) in [6, 6.07) is 21.3. The topological polar surface area (TPSA) is 113 Å². The molecule has 40 heavy (non-hydrogen) atoms. The zero-order chi connectivity index (χ0) is 28.7. The average molecular weight is 564 g/mol. The maximum Gasteiger partial charge on any atom is 0.269 e. The number of carbonyl (C=O) groups is 3. The minimum atomic E-state index is -4.21. The Balaban J connectivity index is 1.70. The average Bonchev–Trinajstić information content (AvgIpc) is 3.16. The van der Waals surface area contributed by atoms with Crippen LogP contribution in [0.3, 0.4) is 0 Å². The Morgan fingerprint density at radius 3 is 2.38 bits per heavy atom. The minimum Gasteiger partial charge on any atom is -0.497 e. The molecule has 210 valence electrons. The number of benzene rings is 3. The highest BCUT2D eigenvalue weighted by Gasteiger charge is 2.43. The standard InChI is InChI=1S/C30H33N3O6S/c1-3-4-17-31-29(35)26(19-22-11-6-5-7-12-22)32(20-23-13-10-14-24(18-23)39-2)28(34)21-33-30(36)25-15-8-9-16-27(25)40(33,37)38/h5-16,18,26H,3-4,17,19-21H2,1-2H3,(H,31,35)/t26-/m1/s1. The van der Waals surface area contributed by atoms with Crippen LogP contribution >= 0.6 is 0 Å². The summed E-state index contributed by atoms with van der Waals surface area (Å²) in [6.07, 6.45) is 1.85. The van der Waals surface area contributed by atoms with Gasteiger partial charge in [0.25, 0.3) is 15.9 Å². The molecule has 1 atom stereocenters. The molecule has 3 amide bonds. The molecule has 0 spiro atoms. The van der Waals surface area contributed by atoms with E-state index in [1.54, 1.807) is 30.3 Å². The van der Waals surface area contributed by atoms with Crippen LogP contribution in [-0.4, -0.2) is 61.6 Å². The van der Waals surface area contributed by atoms with E-state index in [2.05, 4.69) is 5.32 Å². The van der Waals surface area contributed by atoms with E-state index in [9.17, 15) is 22.8 Å². The maximum absolute atomic E-state index is 14.0. The van der Waals surface area contributed by atoms with Crippen LogP contribution in [-0.2, 0) is 32.6 Å². The van der Waals surface area contributed by atoms with Gasteiger partial charge in [-0.3, -0.25) is 14.4 Å². The van der Waals surface area contributed by atoms with Crippen LogP contribution in [0.5, 0.6) is 5.75 Å².